The van der Waals surface area contributed by atoms with Crippen LogP contribution in [0, 0.1) is 5.82 Å². The molecule has 4 heteroatoms. The van der Waals surface area contributed by atoms with Crippen LogP contribution in [0.1, 0.15) is 30.1 Å². The normalized spacial score (nSPS) is 15.9. The van der Waals surface area contributed by atoms with Crippen molar-refractivity contribution in [3.63, 3.8) is 0 Å². The topological polar surface area (TPSA) is 29.5 Å². The van der Waals surface area contributed by atoms with Crippen molar-refractivity contribution in [3.8, 4) is 5.75 Å². The first-order valence-corrected chi connectivity index (χ1v) is 7.33. The second-order valence-corrected chi connectivity index (χ2v) is 5.73. The van der Waals surface area contributed by atoms with E-state index in [0.29, 0.717) is 21.7 Å². The van der Waals surface area contributed by atoms with Crippen LogP contribution >= 0.6 is 15.9 Å². The molecule has 0 bridgehead atoms. The Kier molecular flexibility index (Phi) is 3.76. The Labute approximate surface area is 125 Å². The molecule has 0 saturated heterocycles. The highest BCUT2D eigenvalue weighted by Gasteiger charge is 2.24. The summed E-state index contributed by atoms with van der Waals surface area (Å²) in [6.45, 7) is 0. The van der Waals surface area contributed by atoms with E-state index in [9.17, 15) is 9.50 Å². The molecule has 3 rings (SSSR count). The number of aliphatic hydroxyl groups is 1. The third-order valence-corrected chi connectivity index (χ3v) is 4.11. The van der Waals surface area contributed by atoms with Crippen molar-refractivity contribution in [2.45, 2.75) is 25.0 Å². The van der Waals surface area contributed by atoms with Crippen LogP contribution in [0.15, 0.2) is 46.9 Å². The molecular weight excluding hydrogens is 323 g/mol. The van der Waals surface area contributed by atoms with Crippen LogP contribution in [-0.2, 0) is 0 Å². The second-order valence-electron chi connectivity index (χ2n) is 4.94. The molecule has 1 N–H and O–H groups in total. The third-order valence-electron chi connectivity index (χ3n) is 3.28. The van der Waals surface area contributed by atoms with Crippen molar-refractivity contribution in [1.82, 2.24) is 0 Å². The average Bonchev–Trinajstić information content (AvgIpc) is 3.25. The van der Waals surface area contributed by atoms with Gasteiger partial charge in [0, 0.05) is 5.56 Å². The highest BCUT2D eigenvalue weighted by atomic mass is 79.9. The van der Waals surface area contributed by atoms with Gasteiger partial charge in [-0.05, 0) is 52.5 Å². The lowest BCUT2D eigenvalue weighted by molar-refractivity contribution is 0.217. The maximum absolute atomic E-state index is 13.5. The summed E-state index contributed by atoms with van der Waals surface area (Å²) in [7, 11) is 0. The Morgan fingerprint density at radius 2 is 1.95 bits per heavy atom. The monoisotopic (exact) mass is 336 g/mol. The molecule has 1 fully saturated rings. The van der Waals surface area contributed by atoms with E-state index in [4.69, 9.17) is 4.74 Å². The van der Waals surface area contributed by atoms with Crippen LogP contribution in [0.5, 0.6) is 5.75 Å². The molecule has 0 amide bonds. The summed E-state index contributed by atoms with van der Waals surface area (Å²) in [6, 6.07) is 12.0. The van der Waals surface area contributed by atoms with Crippen molar-refractivity contribution in [3.05, 3.63) is 63.9 Å². The van der Waals surface area contributed by atoms with Crippen LogP contribution in [-0.4, -0.2) is 11.2 Å². The zero-order valence-electron chi connectivity index (χ0n) is 10.7. The van der Waals surface area contributed by atoms with Crippen molar-refractivity contribution >= 4 is 15.9 Å². The van der Waals surface area contributed by atoms with Gasteiger partial charge >= 0.3 is 0 Å². The van der Waals surface area contributed by atoms with Gasteiger partial charge in [0.05, 0.1) is 10.6 Å². The summed E-state index contributed by atoms with van der Waals surface area (Å²) in [5.41, 5.74) is 1.20. The van der Waals surface area contributed by atoms with Crippen molar-refractivity contribution < 1.29 is 14.2 Å². The lowest BCUT2D eigenvalue weighted by atomic mass is 10.0. The molecule has 1 saturated carbocycles. The highest BCUT2D eigenvalue weighted by Crippen LogP contribution is 2.33. The number of hydrogen-bond acceptors (Lipinski definition) is 2. The molecule has 1 aliphatic rings. The second kappa shape index (κ2) is 5.54. The maximum atomic E-state index is 13.5. The minimum atomic E-state index is -0.886. The molecule has 0 radical (unpaired) electrons. The first kappa shape index (κ1) is 13.6. The molecule has 1 unspecified atom stereocenters. The molecule has 1 atom stereocenters. The molecule has 1 aliphatic carbocycles. The number of ether oxygens (including phenoxy) is 1. The highest BCUT2D eigenvalue weighted by molar-refractivity contribution is 9.10. The summed E-state index contributed by atoms with van der Waals surface area (Å²) in [6.07, 6.45) is 1.59. The number of halogens is 2. The van der Waals surface area contributed by atoms with Crippen LogP contribution < -0.4 is 4.74 Å². The molecule has 2 nitrogen and oxygen atoms in total. The predicted molar refractivity (Wildman–Crippen MR) is 78.3 cm³/mol. The number of hydrogen-bond donors (Lipinski definition) is 1. The molecule has 0 aromatic heterocycles. The van der Waals surface area contributed by atoms with Gasteiger partial charge < -0.3 is 9.84 Å². The van der Waals surface area contributed by atoms with E-state index >= 15 is 0 Å². The van der Waals surface area contributed by atoms with E-state index in [1.54, 1.807) is 18.2 Å². The van der Waals surface area contributed by atoms with E-state index < -0.39 is 6.10 Å². The van der Waals surface area contributed by atoms with Crippen LogP contribution in [0.3, 0.4) is 0 Å². The van der Waals surface area contributed by atoms with E-state index in [1.165, 1.54) is 6.07 Å². The maximum Gasteiger partial charge on any atom is 0.137 e. The van der Waals surface area contributed by atoms with Gasteiger partial charge in [-0.25, -0.2) is 4.39 Å². The molecule has 104 valence electrons. The van der Waals surface area contributed by atoms with Gasteiger partial charge in [-0.2, -0.15) is 0 Å². The van der Waals surface area contributed by atoms with Crippen LogP contribution in [0.25, 0.3) is 0 Å². The Morgan fingerprint density at radius 1 is 1.20 bits per heavy atom. The first-order chi connectivity index (χ1) is 9.65. The third kappa shape index (κ3) is 2.86. The SMILES string of the molecule is OC(c1cccc(OC2CC2)c1)c1cccc(F)c1Br. The van der Waals surface area contributed by atoms with Crippen molar-refractivity contribution in [2.75, 3.05) is 0 Å². The molecule has 2 aromatic rings. The smallest absolute Gasteiger partial charge is 0.137 e. The zero-order valence-corrected chi connectivity index (χ0v) is 12.3. The molecule has 0 spiro atoms. The lowest BCUT2D eigenvalue weighted by Gasteiger charge is -2.15. The quantitative estimate of drug-likeness (QED) is 0.906. The summed E-state index contributed by atoms with van der Waals surface area (Å²) < 4.78 is 19.5. The van der Waals surface area contributed by atoms with E-state index in [0.717, 1.165) is 18.6 Å². The Balaban J connectivity index is 1.89. The summed E-state index contributed by atoms with van der Waals surface area (Å²) in [5, 5.41) is 10.4. The number of aliphatic hydroxyl groups excluding tert-OH is 1. The van der Waals surface area contributed by atoms with Gasteiger partial charge in [0.15, 0.2) is 0 Å². The van der Waals surface area contributed by atoms with Crippen LogP contribution in [0.2, 0.25) is 0 Å². The first-order valence-electron chi connectivity index (χ1n) is 6.54. The van der Waals surface area contributed by atoms with Gasteiger partial charge in [0.1, 0.15) is 17.7 Å². The van der Waals surface area contributed by atoms with E-state index in [2.05, 4.69) is 15.9 Å². The van der Waals surface area contributed by atoms with Gasteiger partial charge in [-0.15, -0.1) is 0 Å². The Hall–Kier alpha value is -1.39. The molecular formula is C16H14BrFO2. The summed E-state index contributed by atoms with van der Waals surface area (Å²) in [4.78, 5) is 0. The van der Waals surface area contributed by atoms with Crippen LogP contribution in [0.4, 0.5) is 4.39 Å². The molecule has 0 heterocycles. The fourth-order valence-electron chi connectivity index (χ4n) is 2.05. The fourth-order valence-corrected chi connectivity index (χ4v) is 2.53. The Morgan fingerprint density at radius 3 is 2.70 bits per heavy atom. The predicted octanol–water partition coefficient (Wildman–Crippen LogP) is 4.21. The van der Waals surface area contributed by atoms with Gasteiger partial charge in [-0.3, -0.25) is 0 Å². The summed E-state index contributed by atoms with van der Waals surface area (Å²) in [5.74, 6) is 0.364. The fraction of sp³-hybridized carbons (Fsp3) is 0.250. The number of rotatable bonds is 4. The minimum Gasteiger partial charge on any atom is -0.490 e. The van der Waals surface area contributed by atoms with Crippen molar-refractivity contribution in [2.24, 2.45) is 0 Å². The van der Waals surface area contributed by atoms with Gasteiger partial charge in [0.25, 0.3) is 0 Å². The standard InChI is InChI=1S/C16H14BrFO2/c17-15-13(5-2-6-14(15)18)16(19)10-3-1-4-12(9-10)20-11-7-8-11/h1-6,9,11,16,19H,7-8H2. The molecule has 2 aromatic carbocycles. The van der Waals surface area contributed by atoms with Gasteiger partial charge in [0.2, 0.25) is 0 Å². The zero-order chi connectivity index (χ0) is 14.1. The van der Waals surface area contributed by atoms with E-state index in [-0.39, 0.29) is 5.82 Å². The Bertz CT molecular complexity index is 626. The van der Waals surface area contributed by atoms with Crippen molar-refractivity contribution in [1.29, 1.82) is 0 Å². The van der Waals surface area contributed by atoms with Gasteiger partial charge in [-0.1, -0.05) is 24.3 Å². The lowest BCUT2D eigenvalue weighted by Crippen LogP contribution is -2.03. The molecule has 20 heavy (non-hydrogen) atoms. The average molecular weight is 337 g/mol. The number of benzene rings is 2. The molecule has 0 aliphatic heterocycles. The minimum absolute atomic E-state index is 0.293. The largest absolute Gasteiger partial charge is 0.490 e. The van der Waals surface area contributed by atoms with E-state index in [1.807, 2.05) is 18.2 Å². The summed E-state index contributed by atoms with van der Waals surface area (Å²) >= 11 is 3.18.